The zero-order chi connectivity index (χ0) is 10.8. The highest BCUT2D eigenvalue weighted by Crippen LogP contribution is 2.24. The summed E-state index contributed by atoms with van der Waals surface area (Å²) in [6.45, 7) is 0. The van der Waals surface area contributed by atoms with Crippen molar-refractivity contribution in [2.45, 2.75) is 0 Å². The van der Waals surface area contributed by atoms with Crippen LogP contribution in [0.25, 0.3) is 11.5 Å². The molecule has 7 heteroatoms. The van der Waals surface area contributed by atoms with Gasteiger partial charge in [-0.2, -0.15) is 0 Å². The zero-order valence-corrected chi connectivity index (χ0v) is 8.93. The summed E-state index contributed by atoms with van der Waals surface area (Å²) in [6.07, 6.45) is 3.06. The number of rotatable bonds is 2. The number of aromatic nitrogens is 5. The topological polar surface area (TPSA) is 65.7 Å². The highest BCUT2D eigenvalue weighted by molar-refractivity contribution is 6.28. The maximum absolute atomic E-state index is 5.69. The van der Waals surface area contributed by atoms with Crippen LogP contribution in [-0.4, -0.2) is 31.8 Å². The SMILES string of the molecule is COc1cnc(Cl)nc1-c1ncn(C)n1. The lowest BCUT2D eigenvalue weighted by molar-refractivity contribution is 0.412. The molecule has 0 aliphatic rings. The van der Waals surface area contributed by atoms with Gasteiger partial charge in [-0.15, -0.1) is 5.10 Å². The molecule has 0 bridgehead atoms. The van der Waals surface area contributed by atoms with Gasteiger partial charge in [-0.3, -0.25) is 4.68 Å². The molecule has 0 saturated heterocycles. The molecule has 0 amide bonds. The van der Waals surface area contributed by atoms with Crippen molar-refractivity contribution in [2.24, 2.45) is 7.05 Å². The Hall–Kier alpha value is -1.69. The van der Waals surface area contributed by atoms with Crippen molar-refractivity contribution in [2.75, 3.05) is 7.11 Å². The van der Waals surface area contributed by atoms with Crippen LogP contribution in [-0.2, 0) is 7.05 Å². The molecule has 0 aliphatic heterocycles. The monoisotopic (exact) mass is 225 g/mol. The Morgan fingerprint density at radius 1 is 1.40 bits per heavy atom. The van der Waals surface area contributed by atoms with E-state index in [-0.39, 0.29) is 5.28 Å². The molecule has 0 radical (unpaired) electrons. The molecule has 0 saturated carbocycles. The average Bonchev–Trinajstić information content (AvgIpc) is 2.65. The third-order valence-corrected chi connectivity index (χ3v) is 1.94. The molecule has 2 aromatic heterocycles. The number of hydrogen-bond donors (Lipinski definition) is 0. The summed E-state index contributed by atoms with van der Waals surface area (Å²) in [5.41, 5.74) is 0.484. The second kappa shape index (κ2) is 3.82. The lowest BCUT2D eigenvalue weighted by Crippen LogP contribution is -1.96. The normalized spacial score (nSPS) is 10.3. The van der Waals surface area contributed by atoms with E-state index in [1.807, 2.05) is 0 Å². The van der Waals surface area contributed by atoms with E-state index in [0.29, 0.717) is 17.3 Å². The Morgan fingerprint density at radius 2 is 2.20 bits per heavy atom. The van der Waals surface area contributed by atoms with Gasteiger partial charge in [0.1, 0.15) is 6.33 Å². The van der Waals surface area contributed by atoms with Crippen molar-refractivity contribution >= 4 is 11.6 Å². The molecule has 0 N–H and O–H groups in total. The molecule has 0 unspecified atom stereocenters. The number of hydrogen-bond acceptors (Lipinski definition) is 5. The van der Waals surface area contributed by atoms with E-state index in [0.717, 1.165) is 0 Å². The van der Waals surface area contributed by atoms with Crippen LogP contribution >= 0.6 is 11.6 Å². The van der Waals surface area contributed by atoms with Gasteiger partial charge in [0.25, 0.3) is 0 Å². The van der Waals surface area contributed by atoms with E-state index in [9.17, 15) is 0 Å². The summed E-state index contributed by atoms with van der Waals surface area (Å²) in [5.74, 6) is 0.948. The van der Waals surface area contributed by atoms with Crippen molar-refractivity contribution in [3.8, 4) is 17.3 Å². The van der Waals surface area contributed by atoms with E-state index in [4.69, 9.17) is 16.3 Å². The first kappa shape index (κ1) is 9.85. The van der Waals surface area contributed by atoms with E-state index >= 15 is 0 Å². The summed E-state index contributed by atoms with van der Waals surface area (Å²) in [4.78, 5) is 11.9. The molecule has 2 aromatic rings. The van der Waals surface area contributed by atoms with Gasteiger partial charge in [-0.1, -0.05) is 0 Å². The minimum atomic E-state index is 0.137. The minimum Gasteiger partial charge on any atom is -0.493 e. The van der Waals surface area contributed by atoms with Gasteiger partial charge in [0.2, 0.25) is 11.1 Å². The lowest BCUT2D eigenvalue weighted by Gasteiger charge is -2.03. The lowest BCUT2D eigenvalue weighted by atomic mass is 10.3. The summed E-state index contributed by atoms with van der Waals surface area (Å²) in [6, 6.07) is 0. The fourth-order valence-electron chi connectivity index (χ4n) is 1.11. The van der Waals surface area contributed by atoms with Crippen LogP contribution < -0.4 is 4.74 Å². The second-order valence-electron chi connectivity index (χ2n) is 2.80. The standard InChI is InChI=1S/C8H8ClN5O/c1-14-4-11-7(13-14)6-5(15-2)3-10-8(9)12-6/h3-4H,1-2H3. The van der Waals surface area contributed by atoms with Crippen molar-refractivity contribution in [1.82, 2.24) is 24.7 Å². The van der Waals surface area contributed by atoms with Gasteiger partial charge in [-0.05, 0) is 11.6 Å². The fraction of sp³-hybridized carbons (Fsp3) is 0.250. The fourth-order valence-corrected chi connectivity index (χ4v) is 1.24. The average molecular weight is 226 g/mol. The molecule has 0 fully saturated rings. The molecule has 2 heterocycles. The number of methoxy groups -OCH3 is 1. The Balaban J connectivity index is 2.55. The number of halogens is 1. The largest absolute Gasteiger partial charge is 0.493 e. The summed E-state index contributed by atoms with van der Waals surface area (Å²) >= 11 is 5.69. The zero-order valence-electron chi connectivity index (χ0n) is 8.18. The van der Waals surface area contributed by atoms with E-state index < -0.39 is 0 Å². The molecule has 0 spiro atoms. The highest BCUT2D eigenvalue weighted by Gasteiger charge is 2.13. The molecule has 15 heavy (non-hydrogen) atoms. The molecule has 0 atom stereocenters. The van der Waals surface area contributed by atoms with E-state index in [1.54, 1.807) is 18.1 Å². The molecule has 0 aromatic carbocycles. The maximum Gasteiger partial charge on any atom is 0.223 e. The van der Waals surface area contributed by atoms with E-state index in [2.05, 4.69) is 20.1 Å². The predicted octanol–water partition coefficient (Wildman–Crippen LogP) is 0.934. The van der Waals surface area contributed by atoms with Crippen molar-refractivity contribution in [3.63, 3.8) is 0 Å². The first-order chi connectivity index (χ1) is 7.20. The Labute approximate surface area is 90.9 Å². The predicted molar refractivity (Wildman–Crippen MR) is 53.6 cm³/mol. The summed E-state index contributed by atoms with van der Waals surface area (Å²) in [5, 5.41) is 4.24. The van der Waals surface area contributed by atoms with Crippen LogP contribution in [0.2, 0.25) is 5.28 Å². The van der Waals surface area contributed by atoms with Gasteiger partial charge in [0.15, 0.2) is 11.4 Å². The smallest absolute Gasteiger partial charge is 0.223 e. The first-order valence-electron chi connectivity index (χ1n) is 4.13. The number of ether oxygens (including phenoxy) is 1. The van der Waals surface area contributed by atoms with Crippen LogP contribution in [0.4, 0.5) is 0 Å². The summed E-state index contributed by atoms with van der Waals surface area (Å²) < 4.78 is 6.67. The third kappa shape index (κ3) is 1.89. The van der Waals surface area contributed by atoms with Crippen molar-refractivity contribution in [1.29, 1.82) is 0 Å². The molecular weight excluding hydrogens is 218 g/mol. The van der Waals surface area contributed by atoms with Crippen molar-refractivity contribution < 1.29 is 4.74 Å². The van der Waals surface area contributed by atoms with Crippen LogP contribution in [0, 0.1) is 0 Å². The third-order valence-electron chi connectivity index (χ3n) is 1.76. The minimum absolute atomic E-state index is 0.137. The second-order valence-corrected chi connectivity index (χ2v) is 3.14. The van der Waals surface area contributed by atoms with Gasteiger partial charge < -0.3 is 4.74 Å². The van der Waals surface area contributed by atoms with Crippen LogP contribution in [0.15, 0.2) is 12.5 Å². The molecule has 78 valence electrons. The maximum atomic E-state index is 5.69. The van der Waals surface area contributed by atoms with Crippen LogP contribution in [0.1, 0.15) is 0 Å². The Morgan fingerprint density at radius 3 is 2.80 bits per heavy atom. The summed E-state index contributed by atoms with van der Waals surface area (Å²) in [7, 11) is 3.30. The highest BCUT2D eigenvalue weighted by atomic mass is 35.5. The van der Waals surface area contributed by atoms with Gasteiger partial charge in [0.05, 0.1) is 13.3 Å². The van der Waals surface area contributed by atoms with Crippen LogP contribution in [0.3, 0.4) is 0 Å². The molecule has 2 rings (SSSR count). The first-order valence-corrected chi connectivity index (χ1v) is 4.51. The van der Waals surface area contributed by atoms with Gasteiger partial charge in [-0.25, -0.2) is 15.0 Å². The molecule has 6 nitrogen and oxygen atoms in total. The van der Waals surface area contributed by atoms with Crippen molar-refractivity contribution in [3.05, 3.63) is 17.8 Å². The quantitative estimate of drug-likeness (QED) is 0.712. The number of aryl methyl sites for hydroxylation is 1. The Bertz CT molecular complexity index is 484. The van der Waals surface area contributed by atoms with Crippen LogP contribution in [0.5, 0.6) is 5.75 Å². The van der Waals surface area contributed by atoms with Gasteiger partial charge >= 0.3 is 0 Å². The molecular formula is C8H8ClN5O. The molecule has 0 aliphatic carbocycles. The Kier molecular flexibility index (Phi) is 2.51. The van der Waals surface area contributed by atoms with E-state index in [1.165, 1.54) is 13.3 Å². The van der Waals surface area contributed by atoms with Gasteiger partial charge in [0, 0.05) is 7.05 Å². The number of nitrogens with zero attached hydrogens (tertiary/aromatic N) is 5.